The molecular weight excluding hydrogens is 234 g/mol. The van der Waals surface area contributed by atoms with Crippen LogP contribution < -0.4 is 5.46 Å². The summed E-state index contributed by atoms with van der Waals surface area (Å²) in [6.07, 6.45) is 0. The summed E-state index contributed by atoms with van der Waals surface area (Å²) >= 11 is 0. The summed E-state index contributed by atoms with van der Waals surface area (Å²) in [5, 5.41) is 9.32. The van der Waals surface area contributed by atoms with Gasteiger partial charge < -0.3 is 14.4 Å². The fourth-order valence-electron chi connectivity index (χ4n) is 1.91. The lowest BCUT2D eigenvalue weighted by Gasteiger charge is -2.32. The van der Waals surface area contributed by atoms with Crippen LogP contribution in [0.2, 0.25) is 0 Å². The first-order chi connectivity index (χ1) is 8.14. The number of aryl methyl sites for hydroxylation is 1. The van der Waals surface area contributed by atoms with E-state index in [2.05, 4.69) is 0 Å². The van der Waals surface area contributed by atoms with E-state index in [1.165, 1.54) is 12.1 Å². The van der Waals surface area contributed by atoms with Gasteiger partial charge in [0, 0.05) is 0 Å². The van der Waals surface area contributed by atoms with Gasteiger partial charge in [-0.05, 0) is 57.8 Å². The van der Waals surface area contributed by atoms with Gasteiger partial charge in [-0.1, -0.05) is 0 Å². The highest BCUT2D eigenvalue weighted by atomic mass is 19.1. The molecule has 18 heavy (non-hydrogen) atoms. The Morgan fingerprint density at radius 1 is 1.11 bits per heavy atom. The normalized spacial score (nSPS) is 21.3. The molecule has 2 rings (SSSR count). The standard InChI is InChI=1S/C13H18BFO3/c1-8-6-11(16)10(15)7-9(8)14-17-12(2,3)13(4,5)18-14/h6-7,16H,1-5H3. The van der Waals surface area contributed by atoms with E-state index in [0.29, 0.717) is 5.46 Å². The topological polar surface area (TPSA) is 38.7 Å². The van der Waals surface area contributed by atoms with Crippen molar-refractivity contribution in [1.82, 2.24) is 0 Å². The second kappa shape index (κ2) is 3.97. The van der Waals surface area contributed by atoms with E-state index in [0.717, 1.165) is 5.56 Å². The number of phenolic OH excluding ortho intramolecular Hbond substituents is 1. The molecule has 0 bridgehead atoms. The van der Waals surface area contributed by atoms with Gasteiger partial charge in [-0.15, -0.1) is 0 Å². The van der Waals surface area contributed by atoms with E-state index < -0.39 is 24.1 Å². The highest BCUT2D eigenvalue weighted by Gasteiger charge is 2.52. The fourth-order valence-corrected chi connectivity index (χ4v) is 1.91. The molecular formula is C13H18BFO3. The Morgan fingerprint density at radius 2 is 1.61 bits per heavy atom. The van der Waals surface area contributed by atoms with Crippen molar-refractivity contribution in [1.29, 1.82) is 0 Å². The molecule has 1 aliphatic heterocycles. The van der Waals surface area contributed by atoms with Crippen molar-refractivity contribution in [2.45, 2.75) is 45.8 Å². The predicted molar refractivity (Wildman–Crippen MR) is 68.5 cm³/mol. The molecule has 0 unspecified atom stereocenters. The first-order valence-corrected chi connectivity index (χ1v) is 5.99. The van der Waals surface area contributed by atoms with Crippen molar-refractivity contribution in [2.75, 3.05) is 0 Å². The molecule has 0 radical (unpaired) electrons. The number of halogens is 1. The lowest BCUT2D eigenvalue weighted by Crippen LogP contribution is -2.41. The van der Waals surface area contributed by atoms with Gasteiger partial charge in [0.05, 0.1) is 11.2 Å². The summed E-state index contributed by atoms with van der Waals surface area (Å²) in [7, 11) is -0.606. The maximum absolute atomic E-state index is 13.4. The molecule has 1 saturated heterocycles. The van der Waals surface area contributed by atoms with E-state index in [9.17, 15) is 9.50 Å². The summed E-state index contributed by atoms with van der Waals surface area (Å²) in [5.41, 5.74) is 0.438. The van der Waals surface area contributed by atoms with Gasteiger partial charge >= 0.3 is 7.12 Å². The fraction of sp³-hybridized carbons (Fsp3) is 0.538. The van der Waals surface area contributed by atoms with Crippen molar-refractivity contribution in [3.05, 3.63) is 23.5 Å². The molecule has 3 nitrogen and oxygen atoms in total. The molecule has 1 aromatic rings. The van der Waals surface area contributed by atoms with Crippen LogP contribution in [0.5, 0.6) is 5.75 Å². The van der Waals surface area contributed by atoms with Gasteiger partial charge in [-0.3, -0.25) is 0 Å². The highest BCUT2D eigenvalue weighted by molar-refractivity contribution is 6.62. The second-order valence-electron chi connectivity index (χ2n) is 5.75. The monoisotopic (exact) mass is 252 g/mol. The summed E-state index contributed by atoms with van der Waals surface area (Å²) in [6, 6.07) is 2.66. The molecule has 0 aliphatic carbocycles. The SMILES string of the molecule is Cc1cc(O)c(F)cc1B1OC(C)(C)C(C)(C)O1. The summed E-state index contributed by atoms with van der Waals surface area (Å²) < 4.78 is 25.1. The van der Waals surface area contributed by atoms with E-state index in [1.54, 1.807) is 6.92 Å². The number of hydrogen-bond donors (Lipinski definition) is 1. The van der Waals surface area contributed by atoms with Crippen molar-refractivity contribution in [3.8, 4) is 5.75 Å². The van der Waals surface area contributed by atoms with Gasteiger partial charge in [0.25, 0.3) is 0 Å². The van der Waals surface area contributed by atoms with Crippen LogP contribution in [0.25, 0.3) is 0 Å². The minimum Gasteiger partial charge on any atom is -0.505 e. The Labute approximate surface area is 107 Å². The summed E-state index contributed by atoms with van der Waals surface area (Å²) in [6.45, 7) is 9.57. The largest absolute Gasteiger partial charge is 0.505 e. The van der Waals surface area contributed by atoms with E-state index in [4.69, 9.17) is 9.31 Å². The van der Waals surface area contributed by atoms with E-state index in [1.807, 2.05) is 27.7 Å². The second-order valence-corrected chi connectivity index (χ2v) is 5.75. The Kier molecular flexibility index (Phi) is 2.95. The molecule has 1 aliphatic rings. The van der Waals surface area contributed by atoms with Crippen LogP contribution >= 0.6 is 0 Å². The van der Waals surface area contributed by atoms with Gasteiger partial charge in [0.1, 0.15) is 0 Å². The predicted octanol–water partition coefficient (Wildman–Crippen LogP) is 2.14. The van der Waals surface area contributed by atoms with Crippen LogP contribution in [0.15, 0.2) is 12.1 Å². The molecule has 0 aromatic heterocycles. The Morgan fingerprint density at radius 3 is 2.11 bits per heavy atom. The minimum absolute atomic E-state index is 0.354. The van der Waals surface area contributed by atoms with Gasteiger partial charge in [0.2, 0.25) is 0 Å². The molecule has 0 atom stereocenters. The molecule has 1 N–H and O–H groups in total. The van der Waals surface area contributed by atoms with E-state index >= 15 is 0 Å². The smallest absolute Gasteiger partial charge is 0.495 e. The lowest BCUT2D eigenvalue weighted by atomic mass is 9.76. The van der Waals surface area contributed by atoms with Crippen molar-refractivity contribution in [2.24, 2.45) is 0 Å². The van der Waals surface area contributed by atoms with Crippen LogP contribution in [0.4, 0.5) is 4.39 Å². The van der Waals surface area contributed by atoms with Crippen LogP contribution in [-0.2, 0) is 9.31 Å². The number of benzene rings is 1. The first kappa shape index (κ1) is 13.4. The molecule has 0 amide bonds. The Bertz CT molecular complexity index is 469. The third kappa shape index (κ3) is 2.02. The Hall–Kier alpha value is -1.07. The van der Waals surface area contributed by atoms with Gasteiger partial charge in [-0.2, -0.15) is 0 Å². The van der Waals surface area contributed by atoms with Crippen LogP contribution in [0.3, 0.4) is 0 Å². The lowest BCUT2D eigenvalue weighted by molar-refractivity contribution is 0.00578. The zero-order chi connectivity index (χ0) is 13.7. The van der Waals surface area contributed by atoms with Gasteiger partial charge in [-0.25, -0.2) is 4.39 Å². The number of phenols is 1. The maximum atomic E-state index is 13.4. The molecule has 1 fully saturated rings. The molecule has 1 heterocycles. The Balaban J connectivity index is 2.38. The molecule has 1 aromatic carbocycles. The average molecular weight is 252 g/mol. The van der Waals surface area contributed by atoms with Crippen LogP contribution in [-0.4, -0.2) is 23.4 Å². The molecule has 0 saturated carbocycles. The first-order valence-electron chi connectivity index (χ1n) is 5.99. The maximum Gasteiger partial charge on any atom is 0.495 e. The van der Waals surface area contributed by atoms with Crippen molar-refractivity contribution in [3.63, 3.8) is 0 Å². The third-order valence-electron chi connectivity index (χ3n) is 3.84. The zero-order valence-electron chi connectivity index (χ0n) is 11.4. The quantitative estimate of drug-likeness (QED) is 0.778. The van der Waals surface area contributed by atoms with Crippen molar-refractivity contribution >= 4 is 12.6 Å². The number of aromatic hydroxyl groups is 1. The minimum atomic E-state index is -0.662. The number of rotatable bonds is 1. The zero-order valence-corrected chi connectivity index (χ0v) is 11.4. The third-order valence-corrected chi connectivity index (χ3v) is 3.84. The molecule has 0 spiro atoms. The number of hydrogen-bond acceptors (Lipinski definition) is 3. The summed E-state index contributed by atoms with van der Waals surface area (Å²) in [4.78, 5) is 0. The van der Waals surface area contributed by atoms with Gasteiger partial charge in [0.15, 0.2) is 11.6 Å². The average Bonchev–Trinajstić information content (AvgIpc) is 2.42. The van der Waals surface area contributed by atoms with E-state index in [-0.39, 0.29) is 5.75 Å². The summed E-state index contributed by atoms with van der Waals surface area (Å²) in [5.74, 6) is -1.02. The highest BCUT2D eigenvalue weighted by Crippen LogP contribution is 2.36. The molecule has 5 heteroatoms. The van der Waals surface area contributed by atoms with Crippen molar-refractivity contribution < 1.29 is 18.8 Å². The molecule has 98 valence electrons. The van der Waals surface area contributed by atoms with Crippen LogP contribution in [0.1, 0.15) is 33.3 Å². The van der Waals surface area contributed by atoms with Crippen LogP contribution in [0, 0.1) is 12.7 Å².